The zero-order chi connectivity index (χ0) is 16.1. The van der Waals surface area contributed by atoms with E-state index in [1.807, 2.05) is 24.3 Å². The predicted octanol–water partition coefficient (Wildman–Crippen LogP) is 4.07. The highest BCUT2D eigenvalue weighted by Crippen LogP contribution is 2.25. The maximum atomic E-state index is 6.00. The van der Waals surface area contributed by atoms with Crippen molar-refractivity contribution in [1.82, 2.24) is 15.2 Å². The first-order valence-electron chi connectivity index (χ1n) is 7.27. The highest BCUT2D eigenvalue weighted by Gasteiger charge is 2.06. The van der Waals surface area contributed by atoms with Gasteiger partial charge in [-0.15, -0.1) is 0 Å². The van der Waals surface area contributed by atoms with Crippen molar-refractivity contribution in [3.8, 4) is 5.75 Å². The number of aryl methyl sites for hydroxylation is 1. The Hall–Kier alpha value is -2.34. The summed E-state index contributed by atoms with van der Waals surface area (Å²) in [4.78, 5) is 4.06. The topological polar surface area (TPSA) is 62.8 Å². The number of ether oxygens (including phenoxy) is 1. The molecule has 5 nitrogen and oxygen atoms in total. The zero-order valence-corrected chi connectivity index (χ0v) is 14.3. The Morgan fingerprint density at radius 2 is 2.13 bits per heavy atom. The van der Waals surface area contributed by atoms with Crippen molar-refractivity contribution in [3.63, 3.8) is 0 Å². The van der Waals surface area contributed by atoms with Gasteiger partial charge in [0.25, 0.3) is 0 Å². The van der Waals surface area contributed by atoms with Crippen LogP contribution in [0.2, 0.25) is 0 Å². The quantitative estimate of drug-likeness (QED) is 0.684. The second kappa shape index (κ2) is 7.28. The van der Waals surface area contributed by atoms with Crippen molar-refractivity contribution in [2.24, 2.45) is 0 Å². The number of hydrogen-bond donors (Lipinski definition) is 2. The number of nitrogens with zero attached hydrogens (tertiary/aromatic N) is 2. The number of H-pyrrole nitrogens is 1. The largest absolute Gasteiger partial charge is 0.489 e. The molecule has 0 atom stereocenters. The van der Waals surface area contributed by atoms with Crippen LogP contribution in [-0.2, 0) is 13.2 Å². The molecular formula is C17H17BrN4O. The van der Waals surface area contributed by atoms with Crippen molar-refractivity contribution in [3.05, 3.63) is 70.0 Å². The van der Waals surface area contributed by atoms with Gasteiger partial charge in [0.05, 0.1) is 0 Å². The van der Waals surface area contributed by atoms with E-state index in [2.05, 4.69) is 61.6 Å². The van der Waals surface area contributed by atoms with Gasteiger partial charge in [0.1, 0.15) is 18.7 Å². The standard InChI is InChI=1S/C17H17BrN4O/c1-12-3-2-4-13(7-12)10-23-16-6-5-15(18)8-14(16)9-19-17-20-11-21-22-17/h2-8,11H,9-10H2,1H3,(H2,19,20,21,22). The summed E-state index contributed by atoms with van der Waals surface area (Å²) in [6.07, 6.45) is 1.47. The first-order valence-corrected chi connectivity index (χ1v) is 8.06. The number of benzene rings is 2. The van der Waals surface area contributed by atoms with Crippen LogP contribution in [0.4, 0.5) is 5.95 Å². The molecular weight excluding hydrogens is 356 g/mol. The summed E-state index contributed by atoms with van der Waals surface area (Å²) in [6.45, 7) is 3.21. The molecule has 1 heterocycles. The summed E-state index contributed by atoms with van der Waals surface area (Å²) in [5.74, 6) is 1.48. The van der Waals surface area contributed by atoms with Gasteiger partial charge >= 0.3 is 0 Å². The molecule has 0 bridgehead atoms. The lowest BCUT2D eigenvalue weighted by Gasteiger charge is -2.13. The third kappa shape index (κ3) is 4.32. The van der Waals surface area contributed by atoms with Gasteiger partial charge in [-0.2, -0.15) is 5.10 Å². The SMILES string of the molecule is Cc1cccc(COc2ccc(Br)cc2CNc2ncn[nH]2)c1. The van der Waals surface area contributed by atoms with Crippen molar-refractivity contribution in [2.75, 3.05) is 5.32 Å². The highest BCUT2D eigenvalue weighted by molar-refractivity contribution is 9.10. The van der Waals surface area contributed by atoms with Crippen molar-refractivity contribution in [2.45, 2.75) is 20.1 Å². The molecule has 23 heavy (non-hydrogen) atoms. The van der Waals surface area contributed by atoms with Gasteiger partial charge in [0.2, 0.25) is 5.95 Å². The van der Waals surface area contributed by atoms with E-state index in [9.17, 15) is 0 Å². The van der Waals surface area contributed by atoms with Crippen LogP contribution in [0.5, 0.6) is 5.75 Å². The van der Waals surface area contributed by atoms with E-state index in [-0.39, 0.29) is 0 Å². The van der Waals surface area contributed by atoms with Gasteiger partial charge in [-0.05, 0) is 30.7 Å². The van der Waals surface area contributed by atoms with E-state index < -0.39 is 0 Å². The second-order valence-electron chi connectivity index (χ2n) is 5.22. The Kier molecular flexibility index (Phi) is 4.92. The highest BCUT2D eigenvalue weighted by atomic mass is 79.9. The number of hydrogen-bond acceptors (Lipinski definition) is 4. The first-order chi connectivity index (χ1) is 11.2. The van der Waals surface area contributed by atoms with Gasteiger partial charge < -0.3 is 10.1 Å². The molecule has 3 aromatic rings. The van der Waals surface area contributed by atoms with Crippen LogP contribution in [0.1, 0.15) is 16.7 Å². The molecule has 3 rings (SSSR count). The van der Waals surface area contributed by atoms with Gasteiger partial charge in [0, 0.05) is 16.6 Å². The summed E-state index contributed by atoms with van der Waals surface area (Å²) >= 11 is 3.50. The lowest BCUT2D eigenvalue weighted by Crippen LogP contribution is -2.05. The van der Waals surface area contributed by atoms with Crippen LogP contribution in [0.25, 0.3) is 0 Å². The van der Waals surface area contributed by atoms with Crippen LogP contribution in [0.15, 0.2) is 53.3 Å². The van der Waals surface area contributed by atoms with E-state index in [0.29, 0.717) is 19.1 Å². The zero-order valence-electron chi connectivity index (χ0n) is 12.7. The molecule has 0 aliphatic carbocycles. The molecule has 0 saturated carbocycles. The smallest absolute Gasteiger partial charge is 0.218 e. The normalized spacial score (nSPS) is 10.5. The second-order valence-corrected chi connectivity index (χ2v) is 6.13. The van der Waals surface area contributed by atoms with E-state index in [1.165, 1.54) is 11.9 Å². The number of nitrogens with one attached hydrogen (secondary N) is 2. The van der Waals surface area contributed by atoms with Crippen molar-refractivity contribution in [1.29, 1.82) is 0 Å². The molecule has 0 saturated heterocycles. The summed E-state index contributed by atoms with van der Waals surface area (Å²) < 4.78 is 7.01. The fourth-order valence-electron chi connectivity index (χ4n) is 2.26. The van der Waals surface area contributed by atoms with E-state index in [4.69, 9.17) is 4.74 Å². The van der Waals surface area contributed by atoms with Crippen LogP contribution in [0.3, 0.4) is 0 Å². The van der Waals surface area contributed by atoms with Crippen LogP contribution in [0, 0.1) is 6.92 Å². The minimum Gasteiger partial charge on any atom is -0.489 e. The van der Waals surface area contributed by atoms with E-state index in [0.717, 1.165) is 21.3 Å². The minimum atomic E-state index is 0.540. The maximum absolute atomic E-state index is 6.00. The molecule has 0 fully saturated rings. The molecule has 0 aliphatic rings. The summed E-state index contributed by atoms with van der Waals surface area (Å²) in [5.41, 5.74) is 3.43. The van der Waals surface area contributed by atoms with E-state index in [1.54, 1.807) is 0 Å². The minimum absolute atomic E-state index is 0.540. The molecule has 0 aliphatic heterocycles. The molecule has 6 heteroatoms. The van der Waals surface area contributed by atoms with Gasteiger partial charge in [-0.3, -0.25) is 0 Å². The third-order valence-electron chi connectivity index (χ3n) is 3.36. The Labute approximate surface area is 143 Å². The Morgan fingerprint density at radius 3 is 2.91 bits per heavy atom. The molecule has 2 aromatic carbocycles. The fourth-order valence-corrected chi connectivity index (χ4v) is 2.67. The molecule has 0 unspecified atom stereocenters. The number of anilines is 1. The first kappa shape index (κ1) is 15.6. The average Bonchev–Trinajstić information content (AvgIpc) is 3.05. The van der Waals surface area contributed by atoms with Gasteiger partial charge in [0.15, 0.2) is 0 Å². The van der Waals surface area contributed by atoms with E-state index >= 15 is 0 Å². The average molecular weight is 373 g/mol. The van der Waals surface area contributed by atoms with Gasteiger partial charge in [-0.25, -0.2) is 10.1 Å². The van der Waals surface area contributed by atoms with Gasteiger partial charge in [-0.1, -0.05) is 45.8 Å². The number of aromatic nitrogens is 3. The van der Waals surface area contributed by atoms with Crippen LogP contribution in [-0.4, -0.2) is 15.2 Å². The van der Waals surface area contributed by atoms with Crippen LogP contribution >= 0.6 is 15.9 Å². The maximum Gasteiger partial charge on any atom is 0.218 e. The molecule has 1 aromatic heterocycles. The number of rotatable bonds is 6. The lowest BCUT2D eigenvalue weighted by atomic mass is 10.1. The monoisotopic (exact) mass is 372 g/mol. The fraction of sp³-hybridized carbons (Fsp3) is 0.176. The predicted molar refractivity (Wildman–Crippen MR) is 93.4 cm³/mol. The van der Waals surface area contributed by atoms with Crippen molar-refractivity contribution < 1.29 is 4.74 Å². The molecule has 0 amide bonds. The molecule has 2 N–H and O–H groups in total. The molecule has 0 spiro atoms. The molecule has 0 radical (unpaired) electrons. The Bertz CT molecular complexity index is 774. The Balaban J connectivity index is 1.70. The lowest BCUT2D eigenvalue weighted by molar-refractivity contribution is 0.303. The summed E-state index contributed by atoms with van der Waals surface area (Å²) in [5, 5.41) is 9.79. The summed E-state index contributed by atoms with van der Waals surface area (Å²) in [7, 11) is 0. The number of aromatic amines is 1. The Morgan fingerprint density at radius 1 is 1.22 bits per heavy atom. The third-order valence-corrected chi connectivity index (χ3v) is 3.85. The van der Waals surface area contributed by atoms with Crippen molar-refractivity contribution >= 4 is 21.9 Å². The summed E-state index contributed by atoms with van der Waals surface area (Å²) in [6, 6.07) is 14.3. The molecule has 118 valence electrons. The van der Waals surface area contributed by atoms with Crippen LogP contribution < -0.4 is 10.1 Å². The number of halogens is 1.